The number of carbonyl (C=O) groups excluding carboxylic acids is 1. The topological polar surface area (TPSA) is 59.8 Å². The molecule has 26 heavy (non-hydrogen) atoms. The van der Waals surface area contributed by atoms with E-state index in [0.717, 1.165) is 26.5 Å². The van der Waals surface area contributed by atoms with Crippen LogP contribution in [0.5, 0.6) is 0 Å². The van der Waals surface area contributed by atoms with Crippen LogP contribution in [-0.2, 0) is 18.3 Å². The maximum Gasteiger partial charge on any atom is 0.226 e. The van der Waals surface area contributed by atoms with Gasteiger partial charge in [-0.1, -0.05) is 42.5 Å². The molecule has 0 aliphatic carbocycles. The highest BCUT2D eigenvalue weighted by atomic mass is 32.1. The quantitative estimate of drug-likeness (QED) is 0.591. The molecule has 1 atom stereocenters. The van der Waals surface area contributed by atoms with E-state index in [1.54, 1.807) is 16.0 Å². The summed E-state index contributed by atoms with van der Waals surface area (Å²) >= 11 is 1.61. The van der Waals surface area contributed by atoms with Gasteiger partial charge in [0.1, 0.15) is 11.0 Å². The van der Waals surface area contributed by atoms with Crippen LogP contribution >= 0.6 is 11.3 Å². The number of aromatic nitrogens is 3. The van der Waals surface area contributed by atoms with Crippen molar-refractivity contribution in [3.05, 3.63) is 83.1 Å². The summed E-state index contributed by atoms with van der Waals surface area (Å²) in [7, 11) is 1.84. The second-order valence-corrected chi connectivity index (χ2v) is 7.15. The molecule has 0 aliphatic rings. The number of thiazole rings is 1. The molecule has 0 radical (unpaired) electrons. The average Bonchev–Trinajstić information content (AvgIpc) is 3.26. The Labute approximate surface area is 155 Å². The molecule has 1 unspecified atom stereocenters. The highest BCUT2D eigenvalue weighted by molar-refractivity contribution is 7.18. The highest BCUT2D eigenvalue weighted by Crippen LogP contribution is 2.30. The van der Waals surface area contributed by atoms with Crippen LogP contribution in [0, 0.1) is 0 Å². The first-order valence-corrected chi connectivity index (χ1v) is 9.19. The molecule has 4 rings (SSSR count). The number of aryl methyl sites for hydroxylation is 1. The first-order valence-electron chi connectivity index (χ1n) is 8.37. The van der Waals surface area contributed by atoms with Crippen molar-refractivity contribution in [2.75, 3.05) is 0 Å². The summed E-state index contributed by atoms with van der Waals surface area (Å²) in [6.07, 6.45) is 2.08. The van der Waals surface area contributed by atoms with Gasteiger partial charge in [-0.05, 0) is 23.8 Å². The molecular formula is C20H18N4OS. The number of para-hydroxylation sites is 1. The number of hydrogen-bond acceptors (Lipinski definition) is 4. The van der Waals surface area contributed by atoms with E-state index in [0.29, 0.717) is 0 Å². The summed E-state index contributed by atoms with van der Waals surface area (Å²) < 4.78 is 2.81. The van der Waals surface area contributed by atoms with Gasteiger partial charge in [0.2, 0.25) is 5.91 Å². The first kappa shape index (κ1) is 16.5. The van der Waals surface area contributed by atoms with Crippen LogP contribution in [0.2, 0.25) is 0 Å². The van der Waals surface area contributed by atoms with E-state index in [9.17, 15) is 4.79 Å². The Morgan fingerprint density at radius 3 is 2.62 bits per heavy atom. The van der Waals surface area contributed by atoms with Gasteiger partial charge < -0.3 is 5.32 Å². The number of hydrogen-bond donors (Lipinski definition) is 1. The zero-order chi connectivity index (χ0) is 17.9. The molecule has 1 N–H and O–H groups in total. The van der Waals surface area contributed by atoms with Gasteiger partial charge in [0, 0.05) is 13.2 Å². The molecule has 130 valence electrons. The number of amides is 1. The Morgan fingerprint density at radius 2 is 1.88 bits per heavy atom. The monoisotopic (exact) mass is 362 g/mol. The van der Waals surface area contributed by atoms with E-state index in [2.05, 4.69) is 10.4 Å². The second-order valence-electron chi connectivity index (χ2n) is 6.09. The van der Waals surface area contributed by atoms with Gasteiger partial charge in [0.15, 0.2) is 0 Å². The fourth-order valence-corrected chi connectivity index (χ4v) is 3.93. The lowest BCUT2D eigenvalue weighted by molar-refractivity contribution is -0.121. The van der Waals surface area contributed by atoms with Crippen molar-refractivity contribution < 1.29 is 4.79 Å². The molecular weight excluding hydrogens is 344 g/mol. The van der Waals surface area contributed by atoms with Crippen LogP contribution in [0.4, 0.5) is 0 Å². The Bertz CT molecular complexity index is 1010. The molecule has 0 aliphatic heterocycles. The third kappa shape index (κ3) is 3.50. The maximum atomic E-state index is 12.6. The van der Waals surface area contributed by atoms with Crippen LogP contribution in [0.25, 0.3) is 10.2 Å². The summed E-state index contributed by atoms with van der Waals surface area (Å²) in [4.78, 5) is 17.3. The van der Waals surface area contributed by atoms with E-state index in [1.165, 1.54) is 0 Å². The fourth-order valence-electron chi connectivity index (χ4n) is 2.88. The highest BCUT2D eigenvalue weighted by Gasteiger charge is 2.21. The van der Waals surface area contributed by atoms with E-state index in [4.69, 9.17) is 4.98 Å². The number of carbonyl (C=O) groups is 1. The van der Waals surface area contributed by atoms with Gasteiger partial charge in [-0.2, -0.15) is 5.10 Å². The Morgan fingerprint density at radius 1 is 1.12 bits per heavy atom. The minimum Gasteiger partial charge on any atom is -0.342 e. The number of nitrogens with one attached hydrogen (secondary N) is 1. The van der Waals surface area contributed by atoms with E-state index >= 15 is 0 Å². The van der Waals surface area contributed by atoms with Crippen LogP contribution in [-0.4, -0.2) is 20.7 Å². The molecule has 2 aromatic heterocycles. The lowest BCUT2D eigenvalue weighted by atomic mass is 10.1. The minimum atomic E-state index is -0.273. The van der Waals surface area contributed by atoms with Crippen LogP contribution < -0.4 is 5.32 Å². The largest absolute Gasteiger partial charge is 0.342 e. The molecule has 2 heterocycles. The Hall–Kier alpha value is -2.99. The minimum absolute atomic E-state index is 0.0724. The van der Waals surface area contributed by atoms with Crippen molar-refractivity contribution in [2.24, 2.45) is 7.05 Å². The Balaban J connectivity index is 1.63. The van der Waals surface area contributed by atoms with Crippen molar-refractivity contribution in [3.8, 4) is 0 Å². The number of rotatable bonds is 5. The number of nitrogens with zero attached hydrogens (tertiary/aromatic N) is 3. The van der Waals surface area contributed by atoms with E-state index < -0.39 is 0 Å². The molecule has 0 saturated carbocycles. The molecule has 0 bridgehead atoms. The molecule has 4 aromatic rings. The SMILES string of the molecule is Cn1ccc(CC(=O)NC(c2ccccc2)c2nc3ccccc3s2)n1. The van der Waals surface area contributed by atoms with Crippen LogP contribution in [0.1, 0.15) is 22.3 Å². The third-order valence-electron chi connectivity index (χ3n) is 4.11. The smallest absolute Gasteiger partial charge is 0.226 e. The summed E-state index contributed by atoms with van der Waals surface area (Å²) in [5.74, 6) is -0.0724. The maximum absolute atomic E-state index is 12.6. The van der Waals surface area contributed by atoms with Crippen molar-refractivity contribution in [2.45, 2.75) is 12.5 Å². The summed E-state index contributed by atoms with van der Waals surface area (Å²) in [6, 6.07) is 19.5. The lowest BCUT2D eigenvalue weighted by Crippen LogP contribution is -2.30. The van der Waals surface area contributed by atoms with Gasteiger partial charge >= 0.3 is 0 Å². The summed E-state index contributed by atoms with van der Waals surface area (Å²) in [5.41, 5.74) is 2.72. The van der Waals surface area contributed by atoms with Crippen molar-refractivity contribution >= 4 is 27.5 Å². The van der Waals surface area contributed by atoms with Crippen LogP contribution in [0.15, 0.2) is 66.9 Å². The van der Waals surface area contributed by atoms with Gasteiger partial charge in [0.25, 0.3) is 0 Å². The number of fused-ring (bicyclic) bond motifs is 1. The van der Waals surface area contributed by atoms with Crippen molar-refractivity contribution in [1.82, 2.24) is 20.1 Å². The van der Waals surface area contributed by atoms with Crippen LogP contribution in [0.3, 0.4) is 0 Å². The summed E-state index contributed by atoms with van der Waals surface area (Å²) in [5, 5.41) is 8.29. The van der Waals surface area contributed by atoms with Gasteiger partial charge in [-0.15, -0.1) is 11.3 Å². The van der Waals surface area contributed by atoms with Gasteiger partial charge in [0.05, 0.1) is 22.3 Å². The number of benzene rings is 2. The van der Waals surface area contributed by atoms with Crippen molar-refractivity contribution in [3.63, 3.8) is 0 Å². The van der Waals surface area contributed by atoms with Gasteiger partial charge in [-0.3, -0.25) is 9.48 Å². The predicted molar refractivity (Wildman–Crippen MR) is 103 cm³/mol. The fraction of sp³-hybridized carbons (Fsp3) is 0.150. The summed E-state index contributed by atoms with van der Waals surface area (Å²) in [6.45, 7) is 0. The lowest BCUT2D eigenvalue weighted by Gasteiger charge is -2.16. The molecule has 2 aromatic carbocycles. The molecule has 1 amide bonds. The molecule has 0 fully saturated rings. The van der Waals surface area contributed by atoms with E-state index in [1.807, 2.05) is 73.9 Å². The molecule has 5 nitrogen and oxygen atoms in total. The average molecular weight is 362 g/mol. The molecule has 0 spiro atoms. The molecule has 6 heteroatoms. The second kappa shape index (κ2) is 7.09. The van der Waals surface area contributed by atoms with Gasteiger partial charge in [-0.25, -0.2) is 4.98 Å². The first-order chi connectivity index (χ1) is 12.7. The zero-order valence-electron chi connectivity index (χ0n) is 14.3. The predicted octanol–water partition coefficient (Wildman–Crippen LogP) is 3.48. The third-order valence-corrected chi connectivity index (χ3v) is 5.21. The molecule has 0 saturated heterocycles. The van der Waals surface area contributed by atoms with E-state index in [-0.39, 0.29) is 18.4 Å². The zero-order valence-corrected chi connectivity index (χ0v) is 15.1. The normalized spacial score (nSPS) is 12.2. The van der Waals surface area contributed by atoms with Crippen molar-refractivity contribution in [1.29, 1.82) is 0 Å². The standard InChI is InChI=1S/C20H18N4OS/c1-24-12-11-15(23-24)13-18(25)22-19(14-7-3-2-4-8-14)20-21-16-9-5-6-10-17(16)26-20/h2-12,19H,13H2,1H3,(H,22,25). The Kier molecular flexibility index (Phi) is 4.50.